The first-order valence-electron chi connectivity index (χ1n) is 9.28. The molecule has 0 radical (unpaired) electrons. The summed E-state index contributed by atoms with van der Waals surface area (Å²) in [7, 11) is 0. The van der Waals surface area contributed by atoms with Crippen LogP contribution in [0.2, 0.25) is 0 Å². The van der Waals surface area contributed by atoms with Crippen molar-refractivity contribution in [3.05, 3.63) is 48.5 Å². The molecule has 128 valence electrons. The van der Waals surface area contributed by atoms with Crippen LogP contribution in [0.1, 0.15) is 0 Å². The van der Waals surface area contributed by atoms with Crippen LogP contribution in [0.4, 0.5) is 0 Å². The molecule has 0 aliphatic carbocycles. The maximum atomic E-state index is 2.35. The van der Waals surface area contributed by atoms with Crippen molar-refractivity contribution >= 4 is 126 Å². The van der Waals surface area contributed by atoms with Gasteiger partial charge in [-0.25, -0.2) is 0 Å². The van der Waals surface area contributed by atoms with Crippen molar-refractivity contribution in [1.29, 1.82) is 0 Å². The molecule has 0 saturated heterocycles. The van der Waals surface area contributed by atoms with E-state index in [2.05, 4.69) is 48.5 Å². The van der Waals surface area contributed by atoms with Crippen molar-refractivity contribution < 1.29 is 0 Å². The summed E-state index contributed by atoms with van der Waals surface area (Å²) in [4.78, 5) is 0. The van der Waals surface area contributed by atoms with Crippen LogP contribution in [0.3, 0.4) is 0 Å². The minimum Gasteiger partial charge on any atom is -0.135 e. The number of thiophene rings is 4. The van der Waals surface area contributed by atoms with Gasteiger partial charge in [0.1, 0.15) is 0 Å². The van der Waals surface area contributed by atoms with Gasteiger partial charge in [0.2, 0.25) is 0 Å². The number of hydrogen-bond acceptors (Lipinski definition) is 4. The SMILES string of the molecule is c1cc2sc3ccc4sc5ccc6sc7ccc8sc1c1c8c7c6c5c4c3c21. The molecule has 9 rings (SSSR count). The summed E-state index contributed by atoms with van der Waals surface area (Å²) in [5, 5.41) is 12.0. The normalized spacial score (nSPS) is 13.7. The van der Waals surface area contributed by atoms with Crippen molar-refractivity contribution in [2.75, 3.05) is 0 Å². The monoisotopic (exact) mass is 424 g/mol. The minimum atomic E-state index is 1.43. The smallest absolute Gasteiger partial charge is 0.0362 e. The minimum absolute atomic E-state index is 1.43. The van der Waals surface area contributed by atoms with Crippen LogP contribution in [-0.2, 0) is 0 Å². The number of rotatable bonds is 0. The van der Waals surface area contributed by atoms with Crippen LogP contribution in [0.5, 0.6) is 0 Å². The third kappa shape index (κ3) is 1.29. The summed E-state index contributed by atoms with van der Waals surface area (Å²) >= 11 is 7.83. The molecular weight excluding hydrogens is 417 g/mol. The molecule has 0 saturated carbocycles. The lowest BCUT2D eigenvalue weighted by Gasteiger charge is -2.06. The van der Waals surface area contributed by atoms with Gasteiger partial charge in [0.15, 0.2) is 0 Å². The molecule has 0 spiro atoms. The third-order valence-electron chi connectivity index (χ3n) is 6.40. The lowest BCUT2D eigenvalue weighted by Crippen LogP contribution is -1.78. The molecule has 4 heteroatoms. The molecule has 0 aliphatic rings. The second-order valence-electron chi connectivity index (χ2n) is 7.66. The van der Waals surface area contributed by atoms with E-state index < -0.39 is 0 Å². The van der Waals surface area contributed by atoms with E-state index in [9.17, 15) is 0 Å². The highest BCUT2D eigenvalue weighted by molar-refractivity contribution is 7.30. The predicted molar refractivity (Wildman–Crippen MR) is 132 cm³/mol. The molecular formula is C24H8S4. The fraction of sp³-hybridized carbons (Fsp3) is 0. The first-order chi connectivity index (χ1) is 13.9. The zero-order valence-corrected chi connectivity index (χ0v) is 17.5. The molecule has 28 heavy (non-hydrogen) atoms. The van der Waals surface area contributed by atoms with E-state index in [0.717, 1.165) is 0 Å². The van der Waals surface area contributed by atoms with E-state index in [0.29, 0.717) is 0 Å². The fourth-order valence-corrected chi connectivity index (χ4v) is 9.88. The summed E-state index contributed by atoms with van der Waals surface area (Å²) < 4.78 is 11.4. The van der Waals surface area contributed by atoms with Crippen LogP contribution in [-0.4, -0.2) is 0 Å². The molecule has 4 heterocycles. The van der Waals surface area contributed by atoms with E-state index >= 15 is 0 Å². The van der Waals surface area contributed by atoms with Crippen LogP contribution in [0, 0.1) is 0 Å². The Bertz CT molecular complexity index is 1550. The first kappa shape index (κ1) is 13.9. The maximum absolute atomic E-state index is 2.35. The van der Waals surface area contributed by atoms with Gasteiger partial charge >= 0.3 is 0 Å². The van der Waals surface area contributed by atoms with E-state index in [4.69, 9.17) is 0 Å². The van der Waals surface area contributed by atoms with Gasteiger partial charge in [-0.15, -0.1) is 45.3 Å². The van der Waals surface area contributed by atoms with Crippen molar-refractivity contribution in [2.24, 2.45) is 0 Å². The summed E-state index contributed by atoms with van der Waals surface area (Å²) in [6.45, 7) is 0. The first-order valence-corrected chi connectivity index (χ1v) is 12.5. The van der Waals surface area contributed by atoms with Gasteiger partial charge in [-0.3, -0.25) is 0 Å². The van der Waals surface area contributed by atoms with Gasteiger partial charge in [-0.05, 0) is 48.5 Å². The Labute approximate surface area is 173 Å². The third-order valence-corrected chi connectivity index (χ3v) is 10.9. The van der Waals surface area contributed by atoms with Gasteiger partial charge in [-0.2, -0.15) is 0 Å². The van der Waals surface area contributed by atoms with Crippen molar-refractivity contribution in [2.45, 2.75) is 0 Å². The van der Waals surface area contributed by atoms with Gasteiger partial charge in [0.25, 0.3) is 0 Å². The zero-order chi connectivity index (χ0) is 17.7. The Hall–Kier alpha value is -2.24. The van der Waals surface area contributed by atoms with Gasteiger partial charge in [0, 0.05) is 80.7 Å². The highest BCUT2D eigenvalue weighted by Crippen LogP contribution is 2.55. The van der Waals surface area contributed by atoms with Crippen LogP contribution < -0.4 is 0 Å². The summed E-state index contributed by atoms with van der Waals surface area (Å²) in [5.74, 6) is 0. The Kier molecular flexibility index (Phi) is 2.07. The van der Waals surface area contributed by atoms with E-state index in [1.165, 1.54) is 80.7 Å². The molecule has 0 N–H and O–H groups in total. The Balaban J connectivity index is 1.93. The molecule has 0 atom stereocenters. The molecule has 0 bridgehead atoms. The van der Waals surface area contributed by atoms with E-state index in [1.54, 1.807) is 0 Å². The second-order valence-corrected chi connectivity index (χ2v) is 12.0. The zero-order valence-electron chi connectivity index (χ0n) is 14.3. The van der Waals surface area contributed by atoms with Crippen LogP contribution >= 0.6 is 45.3 Å². The van der Waals surface area contributed by atoms with Gasteiger partial charge in [-0.1, -0.05) is 0 Å². The quantitative estimate of drug-likeness (QED) is 0.227. The lowest BCUT2D eigenvalue weighted by atomic mass is 9.95. The Morgan fingerprint density at radius 1 is 0.250 bits per heavy atom. The standard InChI is InChI=1S/C24H8S4/c1-2-10-18-17-9(1)25-11-3-4-13-21(19(11)17)23-15(27-13)7-8-16-24(23)22-14(28-16)6-5-12(26-10)20(18)22/h1-8H. The summed E-state index contributed by atoms with van der Waals surface area (Å²) in [6, 6.07) is 18.8. The Morgan fingerprint density at radius 3 is 0.536 bits per heavy atom. The average molecular weight is 425 g/mol. The predicted octanol–water partition coefficient (Wildman–Crippen LogP) is 9.47. The number of hydrogen-bond donors (Lipinski definition) is 0. The molecule has 9 aromatic rings. The van der Waals surface area contributed by atoms with Crippen molar-refractivity contribution in [3.8, 4) is 0 Å². The lowest BCUT2D eigenvalue weighted by molar-refractivity contribution is 2.03. The summed E-state index contributed by atoms with van der Waals surface area (Å²) in [6.07, 6.45) is 0. The van der Waals surface area contributed by atoms with E-state index in [-0.39, 0.29) is 0 Å². The van der Waals surface area contributed by atoms with Crippen molar-refractivity contribution in [1.82, 2.24) is 0 Å². The molecule has 0 fully saturated rings. The molecule has 0 amide bonds. The van der Waals surface area contributed by atoms with Gasteiger partial charge < -0.3 is 0 Å². The molecule has 0 nitrogen and oxygen atoms in total. The fourth-order valence-electron chi connectivity index (χ4n) is 5.40. The highest BCUT2D eigenvalue weighted by Gasteiger charge is 2.24. The van der Waals surface area contributed by atoms with Gasteiger partial charge in [0.05, 0.1) is 0 Å². The highest BCUT2D eigenvalue weighted by atomic mass is 32.1. The van der Waals surface area contributed by atoms with E-state index in [1.807, 2.05) is 45.3 Å². The molecule has 4 aromatic heterocycles. The molecule has 0 unspecified atom stereocenters. The largest absolute Gasteiger partial charge is 0.135 e. The average Bonchev–Trinajstić information content (AvgIpc) is 3.42. The molecule has 0 aliphatic heterocycles. The number of benzene rings is 4. The topological polar surface area (TPSA) is 0 Å². The molecule has 5 aromatic carbocycles. The van der Waals surface area contributed by atoms with Crippen molar-refractivity contribution in [3.63, 3.8) is 0 Å². The maximum Gasteiger partial charge on any atom is 0.0362 e. The summed E-state index contributed by atoms with van der Waals surface area (Å²) in [5.41, 5.74) is 0. The Morgan fingerprint density at radius 2 is 0.393 bits per heavy atom. The van der Waals surface area contributed by atoms with Crippen LogP contribution in [0.15, 0.2) is 48.5 Å². The second kappa shape index (κ2) is 4.19. The van der Waals surface area contributed by atoms with Crippen LogP contribution in [0.25, 0.3) is 80.7 Å².